The Labute approximate surface area is 171 Å². The van der Waals surface area contributed by atoms with Gasteiger partial charge in [-0.05, 0) is 19.3 Å². The highest BCUT2D eigenvalue weighted by Crippen LogP contribution is 2.10. The first-order valence-electron chi connectivity index (χ1n) is 12.2. The molecule has 0 aromatic carbocycles. The van der Waals surface area contributed by atoms with E-state index in [0.29, 0.717) is 6.61 Å². The van der Waals surface area contributed by atoms with E-state index in [1.54, 1.807) is 0 Å². The number of unbranched alkanes of at least 4 members (excludes halogenated alkanes) is 17. The van der Waals surface area contributed by atoms with E-state index in [9.17, 15) is 0 Å². The number of rotatable bonds is 20. The Morgan fingerprint density at radius 2 is 0.815 bits per heavy atom. The summed E-state index contributed by atoms with van der Waals surface area (Å²) >= 11 is 0. The highest BCUT2D eigenvalue weighted by atomic mass is 16.3. The minimum Gasteiger partial charge on any atom is -0.396 e. The van der Waals surface area contributed by atoms with Gasteiger partial charge in [-0.15, -0.1) is 0 Å². The smallest absolute Gasteiger partial charge is 0.0612 e. The molecule has 0 aliphatic heterocycles. The summed E-state index contributed by atoms with van der Waals surface area (Å²) in [5, 5.41) is 17.1. The molecular formula is C25H52O2. The van der Waals surface area contributed by atoms with E-state index in [1.807, 2.05) is 6.08 Å². The second-order valence-corrected chi connectivity index (χ2v) is 7.82. The number of hydrogen-bond donors (Lipinski definition) is 2. The zero-order chi connectivity index (χ0) is 20.3. The normalized spacial score (nSPS) is 11.0. The average Bonchev–Trinajstić information content (AvgIpc) is 2.69. The van der Waals surface area contributed by atoms with Crippen LogP contribution in [0.25, 0.3) is 0 Å². The minimum atomic E-state index is 0.191. The first-order valence-corrected chi connectivity index (χ1v) is 12.2. The second kappa shape index (κ2) is 30.4. The van der Waals surface area contributed by atoms with E-state index in [1.165, 1.54) is 109 Å². The number of aliphatic hydroxyl groups excluding tert-OH is 2. The van der Waals surface area contributed by atoms with Crippen LogP contribution in [-0.2, 0) is 0 Å². The third-order valence-corrected chi connectivity index (χ3v) is 5.01. The molecule has 0 spiro atoms. The van der Waals surface area contributed by atoms with Crippen LogP contribution in [0.15, 0.2) is 12.2 Å². The van der Waals surface area contributed by atoms with Crippen molar-refractivity contribution in [2.45, 2.75) is 136 Å². The van der Waals surface area contributed by atoms with Crippen molar-refractivity contribution in [1.29, 1.82) is 0 Å². The van der Waals surface area contributed by atoms with E-state index in [2.05, 4.69) is 19.9 Å². The summed E-state index contributed by atoms with van der Waals surface area (Å²) in [5.41, 5.74) is 0. The molecule has 27 heavy (non-hydrogen) atoms. The van der Waals surface area contributed by atoms with Gasteiger partial charge in [-0.1, -0.05) is 129 Å². The molecule has 0 unspecified atom stereocenters. The molecule has 0 rings (SSSR count). The molecule has 0 saturated carbocycles. The summed E-state index contributed by atoms with van der Waals surface area (Å²) < 4.78 is 0. The van der Waals surface area contributed by atoms with Gasteiger partial charge in [0.05, 0.1) is 6.61 Å². The predicted octanol–water partition coefficient (Wildman–Crippen LogP) is 7.97. The number of aliphatic hydroxyl groups is 2. The lowest BCUT2D eigenvalue weighted by Crippen LogP contribution is -1.84. The van der Waals surface area contributed by atoms with Crippen LogP contribution in [0, 0.1) is 0 Å². The van der Waals surface area contributed by atoms with E-state index < -0.39 is 0 Å². The van der Waals surface area contributed by atoms with Gasteiger partial charge in [0, 0.05) is 6.61 Å². The summed E-state index contributed by atoms with van der Waals surface area (Å²) in [6, 6.07) is 0. The summed E-state index contributed by atoms with van der Waals surface area (Å²) in [5.74, 6) is 0. The third-order valence-electron chi connectivity index (χ3n) is 5.01. The number of hydrogen-bond acceptors (Lipinski definition) is 2. The van der Waals surface area contributed by atoms with Crippen molar-refractivity contribution in [2.75, 3.05) is 13.2 Å². The van der Waals surface area contributed by atoms with Crippen molar-refractivity contribution in [3.63, 3.8) is 0 Å². The lowest BCUT2D eigenvalue weighted by Gasteiger charge is -2.00. The standard InChI is InChI=1S/C13H26O.C12H26O/c1-2-3-4-5-6-7-8-9-10-11-12-13-14;1-2-3-4-5-6-7-8-9-10-11-12-13/h11-12,14H,2-10,13H2,1H3;13H,2-12H2,1H3/b12-11+;. The van der Waals surface area contributed by atoms with Gasteiger partial charge in [-0.3, -0.25) is 0 Å². The monoisotopic (exact) mass is 384 g/mol. The van der Waals surface area contributed by atoms with E-state index in [-0.39, 0.29) is 6.61 Å². The zero-order valence-electron chi connectivity index (χ0n) is 18.9. The van der Waals surface area contributed by atoms with Crippen molar-refractivity contribution in [1.82, 2.24) is 0 Å². The second-order valence-electron chi connectivity index (χ2n) is 7.82. The maximum atomic E-state index is 8.57. The average molecular weight is 385 g/mol. The van der Waals surface area contributed by atoms with Crippen LogP contribution in [0.1, 0.15) is 136 Å². The molecule has 0 atom stereocenters. The molecule has 0 amide bonds. The quantitative estimate of drug-likeness (QED) is 0.165. The van der Waals surface area contributed by atoms with E-state index in [0.717, 1.165) is 12.8 Å². The first-order chi connectivity index (χ1) is 13.3. The molecule has 0 aromatic heterocycles. The molecule has 2 N–H and O–H groups in total. The fourth-order valence-electron chi connectivity index (χ4n) is 3.19. The Hall–Kier alpha value is -0.340. The maximum absolute atomic E-state index is 8.57. The van der Waals surface area contributed by atoms with Gasteiger partial charge in [-0.25, -0.2) is 0 Å². The highest BCUT2D eigenvalue weighted by molar-refractivity contribution is 4.80. The van der Waals surface area contributed by atoms with Gasteiger partial charge in [0.25, 0.3) is 0 Å². The van der Waals surface area contributed by atoms with Crippen LogP contribution >= 0.6 is 0 Å². The van der Waals surface area contributed by atoms with E-state index in [4.69, 9.17) is 10.2 Å². The van der Waals surface area contributed by atoms with Gasteiger partial charge in [-0.2, -0.15) is 0 Å². The maximum Gasteiger partial charge on any atom is 0.0612 e. The topological polar surface area (TPSA) is 40.5 Å². The fourth-order valence-corrected chi connectivity index (χ4v) is 3.19. The van der Waals surface area contributed by atoms with Crippen LogP contribution < -0.4 is 0 Å². The minimum absolute atomic E-state index is 0.191. The summed E-state index contributed by atoms with van der Waals surface area (Å²) in [6.07, 6.45) is 29.4. The Kier molecular flexibility index (Phi) is 32.5. The molecular weight excluding hydrogens is 332 g/mol. The Morgan fingerprint density at radius 3 is 1.19 bits per heavy atom. The van der Waals surface area contributed by atoms with Crippen molar-refractivity contribution in [3.8, 4) is 0 Å². The van der Waals surface area contributed by atoms with Gasteiger partial charge >= 0.3 is 0 Å². The highest BCUT2D eigenvalue weighted by Gasteiger charge is 1.91. The van der Waals surface area contributed by atoms with Crippen LogP contribution in [-0.4, -0.2) is 23.4 Å². The molecule has 164 valence electrons. The Morgan fingerprint density at radius 1 is 0.444 bits per heavy atom. The third kappa shape index (κ3) is 33.7. The zero-order valence-corrected chi connectivity index (χ0v) is 18.9. The summed E-state index contributed by atoms with van der Waals surface area (Å²) in [4.78, 5) is 0. The molecule has 2 heteroatoms. The Balaban J connectivity index is 0. The molecule has 0 heterocycles. The lowest BCUT2D eigenvalue weighted by molar-refractivity contribution is 0.282. The number of allylic oxidation sites excluding steroid dienone is 1. The van der Waals surface area contributed by atoms with Crippen molar-refractivity contribution < 1.29 is 10.2 Å². The molecule has 0 radical (unpaired) electrons. The molecule has 2 nitrogen and oxygen atoms in total. The predicted molar refractivity (Wildman–Crippen MR) is 122 cm³/mol. The van der Waals surface area contributed by atoms with Crippen LogP contribution in [0.5, 0.6) is 0 Å². The van der Waals surface area contributed by atoms with E-state index >= 15 is 0 Å². The molecule has 0 aromatic rings. The van der Waals surface area contributed by atoms with Gasteiger partial charge < -0.3 is 10.2 Å². The van der Waals surface area contributed by atoms with Crippen molar-refractivity contribution in [2.24, 2.45) is 0 Å². The summed E-state index contributed by atoms with van der Waals surface area (Å²) in [7, 11) is 0. The van der Waals surface area contributed by atoms with Crippen LogP contribution in [0.2, 0.25) is 0 Å². The van der Waals surface area contributed by atoms with Crippen LogP contribution in [0.4, 0.5) is 0 Å². The SMILES string of the molecule is CCCCCCCCCC/C=C/CO.CCCCCCCCCCCCO. The summed E-state index contributed by atoms with van der Waals surface area (Å²) in [6.45, 7) is 5.08. The molecule has 0 fully saturated rings. The van der Waals surface area contributed by atoms with Gasteiger partial charge in [0.15, 0.2) is 0 Å². The van der Waals surface area contributed by atoms with Crippen molar-refractivity contribution in [3.05, 3.63) is 12.2 Å². The van der Waals surface area contributed by atoms with Crippen LogP contribution in [0.3, 0.4) is 0 Å². The lowest BCUT2D eigenvalue weighted by atomic mass is 10.1. The van der Waals surface area contributed by atoms with Gasteiger partial charge in [0.2, 0.25) is 0 Å². The van der Waals surface area contributed by atoms with Crippen molar-refractivity contribution >= 4 is 0 Å². The molecule has 0 aliphatic rings. The first kappa shape index (κ1) is 28.9. The molecule has 0 bridgehead atoms. The molecule has 0 aliphatic carbocycles. The van der Waals surface area contributed by atoms with Gasteiger partial charge in [0.1, 0.15) is 0 Å². The fraction of sp³-hybridized carbons (Fsp3) is 0.920. The Bertz CT molecular complexity index is 241. The largest absolute Gasteiger partial charge is 0.396 e. The molecule has 0 saturated heterocycles.